The average Bonchev–Trinajstić information content (AvgIpc) is 3.20. The van der Waals surface area contributed by atoms with E-state index in [1.54, 1.807) is 6.92 Å². The van der Waals surface area contributed by atoms with Crippen LogP contribution in [0.25, 0.3) is 0 Å². The first-order valence-corrected chi connectivity index (χ1v) is 11.6. The number of aromatic nitrogens is 2. The Morgan fingerprint density at radius 1 is 1.30 bits per heavy atom. The molecule has 7 nitrogen and oxygen atoms in total. The number of anilines is 1. The Morgan fingerprint density at radius 3 is 2.67 bits per heavy atom. The van der Waals surface area contributed by atoms with Crippen molar-refractivity contribution in [3.05, 3.63) is 44.6 Å². The van der Waals surface area contributed by atoms with E-state index in [9.17, 15) is 14.7 Å². The predicted molar refractivity (Wildman–Crippen MR) is 123 cm³/mol. The molecule has 2 N–H and O–H groups in total. The number of carboxylic acids is 1. The molecule has 1 amide bonds. The van der Waals surface area contributed by atoms with Crippen molar-refractivity contribution in [1.82, 2.24) is 14.7 Å². The smallest absolute Gasteiger partial charge is 0.354 e. The topological polar surface area (TPSA) is 87.5 Å². The SMILES string of the molecule is CC(C(=O)Nc1c(Br)cc(Br)cc1CN(C)C1CCCCC1)n1nccc1C(=O)O. The summed E-state index contributed by atoms with van der Waals surface area (Å²) < 4.78 is 2.91. The van der Waals surface area contributed by atoms with Crippen molar-refractivity contribution >= 4 is 49.4 Å². The molecule has 30 heavy (non-hydrogen) atoms. The molecule has 162 valence electrons. The van der Waals surface area contributed by atoms with Crippen LogP contribution in [0.1, 0.15) is 61.1 Å². The van der Waals surface area contributed by atoms with Crippen molar-refractivity contribution in [1.29, 1.82) is 0 Å². The maximum absolute atomic E-state index is 13.0. The van der Waals surface area contributed by atoms with E-state index in [1.165, 1.54) is 49.0 Å². The van der Waals surface area contributed by atoms with Crippen LogP contribution in [0.15, 0.2) is 33.3 Å². The first kappa shape index (κ1) is 23.0. The number of halogens is 2. The van der Waals surface area contributed by atoms with Gasteiger partial charge in [-0.25, -0.2) is 9.48 Å². The van der Waals surface area contributed by atoms with Crippen molar-refractivity contribution in [2.45, 2.75) is 57.7 Å². The molecule has 1 fully saturated rings. The van der Waals surface area contributed by atoms with Crippen molar-refractivity contribution < 1.29 is 14.7 Å². The Morgan fingerprint density at radius 2 is 2.00 bits per heavy atom. The summed E-state index contributed by atoms with van der Waals surface area (Å²) in [7, 11) is 2.13. The van der Waals surface area contributed by atoms with Gasteiger partial charge >= 0.3 is 5.97 Å². The maximum atomic E-state index is 13.0. The number of nitrogens with zero attached hydrogens (tertiary/aromatic N) is 3. The average molecular weight is 542 g/mol. The lowest BCUT2D eigenvalue weighted by molar-refractivity contribution is -0.119. The van der Waals surface area contributed by atoms with Crippen LogP contribution < -0.4 is 5.32 Å². The second kappa shape index (κ2) is 10.1. The summed E-state index contributed by atoms with van der Waals surface area (Å²) in [5.41, 5.74) is 1.66. The van der Waals surface area contributed by atoms with E-state index in [2.05, 4.69) is 54.2 Å². The normalized spacial score (nSPS) is 15.9. The summed E-state index contributed by atoms with van der Waals surface area (Å²) in [6.07, 6.45) is 7.59. The zero-order valence-corrected chi connectivity index (χ0v) is 20.2. The molecule has 0 bridgehead atoms. The molecule has 0 spiro atoms. The number of hydrogen-bond donors (Lipinski definition) is 2. The van der Waals surface area contributed by atoms with Gasteiger partial charge in [0, 0.05) is 27.7 Å². The van der Waals surface area contributed by atoms with Crippen molar-refractivity contribution in [2.75, 3.05) is 12.4 Å². The van der Waals surface area contributed by atoms with Gasteiger partial charge in [0.2, 0.25) is 5.91 Å². The largest absolute Gasteiger partial charge is 0.477 e. The number of hydrogen-bond acceptors (Lipinski definition) is 4. The van der Waals surface area contributed by atoms with Crippen molar-refractivity contribution in [2.24, 2.45) is 0 Å². The fraction of sp³-hybridized carbons (Fsp3) is 0.476. The predicted octanol–water partition coefficient (Wildman–Crippen LogP) is 5.07. The minimum atomic E-state index is -1.12. The Hall–Kier alpha value is -1.71. The molecule has 0 radical (unpaired) electrons. The number of benzene rings is 1. The van der Waals surface area contributed by atoms with Gasteiger partial charge in [-0.2, -0.15) is 5.10 Å². The van der Waals surface area contributed by atoms with Gasteiger partial charge in [0.15, 0.2) is 0 Å². The van der Waals surface area contributed by atoms with E-state index >= 15 is 0 Å². The molecule has 1 aromatic carbocycles. The fourth-order valence-corrected chi connectivity index (χ4v) is 5.35. The fourth-order valence-electron chi connectivity index (χ4n) is 3.94. The molecule has 2 aromatic rings. The van der Waals surface area contributed by atoms with E-state index < -0.39 is 12.0 Å². The molecular weight excluding hydrogens is 516 g/mol. The van der Waals surface area contributed by atoms with Gasteiger partial charge in [-0.05, 0) is 66.5 Å². The third-order valence-corrected chi connectivity index (χ3v) is 6.72. The monoisotopic (exact) mass is 540 g/mol. The van der Waals surface area contributed by atoms with Crippen LogP contribution in [-0.4, -0.2) is 44.8 Å². The lowest BCUT2D eigenvalue weighted by atomic mass is 9.94. The molecule has 1 aliphatic rings. The van der Waals surface area contributed by atoms with E-state index in [1.807, 2.05) is 12.1 Å². The summed E-state index contributed by atoms with van der Waals surface area (Å²) in [5, 5.41) is 16.3. The van der Waals surface area contributed by atoms with Crippen LogP contribution >= 0.6 is 31.9 Å². The zero-order chi connectivity index (χ0) is 21.8. The minimum absolute atomic E-state index is 0.0234. The minimum Gasteiger partial charge on any atom is -0.477 e. The number of carboxylic acid groups (broad SMARTS) is 1. The number of carbonyl (C=O) groups excluding carboxylic acids is 1. The second-order valence-electron chi connectivity index (χ2n) is 7.76. The van der Waals surface area contributed by atoms with Gasteiger partial charge in [-0.1, -0.05) is 35.2 Å². The van der Waals surface area contributed by atoms with E-state index in [0.29, 0.717) is 18.3 Å². The summed E-state index contributed by atoms with van der Waals surface area (Å²) in [4.78, 5) is 26.7. The number of aromatic carboxylic acids is 1. The van der Waals surface area contributed by atoms with Gasteiger partial charge in [0.05, 0.1) is 5.69 Å². The van der Waals surface area contributed by atoms with Crippen LogP contribution in [0.2, 0.25) is 0 Å². The second-order valence-corrected chi connectivity index (χ2v) is 9.53. The molecule has 1 atom stereocenters. The molecule has 0 aliphatic heterocycles. The molecule has 1 heterocycles. The molecule has 9 heteroatoms. The Balaban J connectivity index is 1.81. The number of amides is 1. The van der Waals surface area contributed by atoms with E-state index in [4.69, 9.17) is 0 Å². The van der Waals surface area contributed by atoms with Crippen LogP contribution in [0, 0.1) is 0 Å². The third kappa shape index (κ3) is 5.31. The van der Waals surface area contributed by atoms with Crippen LogP contribution in [0.4, 0.5) is 5.69 Å². The van der Waals surface area contributed by atoms with E-state index in [-0.39, 0.29) is 11.6 Å². The third-order valence-electron chi connectivity index (χ3n) is 5.64. The molecule has 1 saturated carbocycles. The highest BCUT2D eigenvalue weighted by molar-refractivity contribution is 9.11. The number of rotatable bonds is 7. The summed E-state index contributed by atoms with van der Waals surface area (Å²) >= 11 is 7.11. The molecule has 3 rings (SSSR count). The lowest BCUT2D eigenvalue weighted by Gasteiger charge is -2.32. The molecule has 1 aliphatic carbocycles. The first-order chi connectivity index (χ1) is 14.3. The lowest BCUT2D eigenvalue weighted by Crippen LogP contribution is -2.33. The van der Waals surface area contributed by atoms with Crippen molar-refractivity contribution in [3.63, 3.8) is 0 Å². The highest BCUT2D eigenvalue weighted by atomic mass is 79.9. The summed E-state index contributed by atoms with van der Waals surface area (Å²) in [6.45, 7) is 2.34. The highest BCUT2D eigenvalue weighted by Crippen LogP contribution is 2.33. The Bertz CT molecular complexity index is 925. The van der Waals surface area contributed by atoms with Crippen LogP contribution in [0.5, 0.6) is 0 Å². The number of carbonyl (C=O) groups is 2. The molecular formula is C21H26Br2N4O3. The summed E-state index contributed by atoms with van der Waals surface area (Å²) in [6, 6.07) is 5.06. The molecule has 1 aromatic heterocycles. The molecule has 0 saturated heterocycles. The van der Waals surface area contributed by atoms with Crippen LogP contribution in [0.3, 0.4) is 0 Å². The zero-order valence-electron chi connectivity index (χ0n) is 17.1. The highest BCUT2D eigenvalue weighted by Gasteiger charge is 2.24. The van der Waals surface area contributed by atoms with Crippen molar-refractivity contribution in [3.8, 4) is 0 Å². The van der Waals surface area contributed by atoms with Gasteiger partial charge in [-0.3, -0.25) is 9.69 Å². The first-order valence-electron chi connectivity index (χ1n) is 10.0. The quantitative estimate of drug-likeness (QED) is 0.511. The maximum Gasteiger partial charge on any atom is 0.354 e. The van der Waals surface area contributed by atoms with E-state index in [0.717, 1.165) is 14.5 Å². The van der Waals surface area contributed by atoms with Gasteiger partial charge in [0.25, 0.3) is 0 Å². The number of nitrogens with one attached hydrogen (secondary N) is 1. The standard InChI is InChI=1S/C21H26Br2N4O3/c1-13(27-18(21(29)30)8-9-24-27)20(28)25-19-14(10-15(22)11-17(19)23)12-26(2)16-6-4-3-5-7-16/h8-11,13,16H,3-7,12H2,1-2H3,(H,25,28)(H,29,30). The summed E-state index contributed by atoms with van der Waals surface area (Å²) in [5.74, 6) is -1.45. The van der Waals surface area contributed by atoms with Gasteiger partial charge in [0.1, 0.15) is 11.7 Å². The Labute approximate surface area is 193 Å². The van der Waals surface area contributed by atoms with Gasteiger partial charge in [-0.15, -0.1) is 0 Å². The van der Waals surface area contributed by atoms with Gasteiger partial charge < -0.3 is 10.4 Å². The molecule has 1 unspecified atom stereocenters. The Kier molecular flexibility index (Phi) is 7.70. The van der Waals surface area contributed by atoms with Crippen LogP contribution in [-0.2, 0) is 11.3 Å².